The standard InChI is InChI=1S/C65H4.C19H31NO2.C13H27NO.C11H23NO/c1-3-5-7-9-11-13-15-17-19-21-23-25-27-29-31-33-35-37-39-41-43-45-47-49-51-53-55-57-59-61-63-65-64-62-60-58-56-54-52-50-48-46-44-42-40-38-36-34-32-30-28-26-24-22-20-18-16-14-12-10-8-6-4-2;1-7-19(5,6)12-15-8-10-16(11-9-15)13-20-17(21)14-22-18(2,3)4;1-12(2,3)11(15)9-7-8-10-13(4,5)14-6;1-10(2,3)9(13)7-8-11(4,5)12-6/h1H,2H3;8-11H,7,12-14H2,1-6H3,(H,20,21);14H,7-10H2,1-6H3;12H,7-8H2,1-6H3. The molecule has 7 nitrogen and oxygen atoms in total. The molecule has 1 aromatic carbocycles. The summed E-state index contributed by atoms with van der Waals surface area (Å²) < 4.78 is 5.45. The molecule has 0 atom stereocenters. The minimum absolute atomic E-state index is 0.0703. The van der Waals surface area contributed by atoms with Gasteiger partial charge < -0.3 is 20.7 Å². The molecule has 0 saturated carbocycles. The van der Waals surface area contributed by atoms with Gasteiger partial charge in [0.15, 0.2) is 0 Å². The van der Waals surface area contributed by atoms with Crippen LogP contribution in [0.4, 0.5) is 0 Å². The van der Waals surface area contributed by atoms with Crippen LogP contribution in [0.2, 0.25) is 0 Å². The minimum Gasteiger partial charge on any atom is -0.366 e. The summed E-state index contributed by atoms with van der Waals surface area (Å²) in [5, 5.41) is 9.36. The highest BCUT2D eigenvalue weighted by Gasteiger charge is 2.24. The number of nitrogens with one attached hydrogen (secondary N) is 3. The zero-order chi connectivity index (χ0) is 86.2. The van der Waals surface area contributed by atoms with Crippen LogP contribution < -0.4 is 16.0 Å². The van der Waals surface area contributed by atoms with Gasteiger partial charge in [-0.2, -0.15) is 0 Å². The predicted octanol–water partition coefficient (Wildman–Crippen LogP) is 10.4. The van der Waals surface area contributed by atoms with Gasteiger partial charge in [0, 0.05) is 314 Å². The van der Waals surface area contributed by atoms with Crippen molar-refractivity contribution >= 4 is 17.5 Å². The average Bonchev–Trinajstić information content (AvgIpc) is 0.884. The number of ether oxygens (including phenoxy) is 1. The molecule has 0 saturated heterocycles. The van der Waals surface area contributed by atoms with Crippen LogP contribution >= 0.6 is 0 Å². The summed E-state index contributed by atoms with van der Waals surface area (Å²) in [5.41, 5.74) is 2.42. The maximum atomic E-state index is 11.7. The van der Waals surface area contributed by atoms with Gasteiger partial charge in [-0.05, 0) is 206 Å². The summed E-state index contributed by atoms with van der Waals surface area (Å²) in [4.78, 5) is 35.0. The van der Waals surface area contributed by atoms with E-state index in [1.54, 1.807) is 6.92 Å². The molecule has 0 aliphatic carbocycles. The van der Waals surface area contributed by atoms with Crippen LogP contribution in [0.15, 0.2) is 24.3 Å². The molecule has 0 radical (unpaired) electrons. The lowest BCUT2D eigenvalue weighted by atomic mass is 9.83. The second-order valence-corrected chi connectivity index (χ2v) is 27.0. The van der Waals surface area contributed by atoms with Crippen LogP contribution in [0.5, 0.6) is 0 Å². The number of benzene rings is 1. The van der Waals surface area contributed by atoms with Crippen LogP contribution in [0.25, 0.3) is 0 Å². The quantitative estimate of drug-likeness (QED) is 0.106. The van der Waals surface area contributed by atoms with Gasteiger partial charge >= 0.3 is 0 Å². The first-order chi connectivity index (χ1) is 54.9. The first kappa shape index (κ1) is 103. The molecule has 1 aromatic rings. The Morgan fingerprint density at radius 2 is 0.565 bits per heavy atom. The fourth-order valence-corrected chi connectivity index (χ4v) is 6.21. The van der Waals surface area contributed by atoms with Crippen LogP contribution in [-0.4, -0.2) is 54.9 Å². The lowest BCUT2D eigenvalue weighted by Crippen LogP contribution is -2.37. The van der Waals surface area contributed by atoms with E-state index in [4.69, 9.17) is 11.2 Å². The van der Waals surface area contributed by atoms with Gasteiger partial charge in [0.25, 0.3) is 0 Å². The number of carbonyl (C=O) groups excluding carboxylic acids is 3. The molecule has 3 N–H and O–H groups in total. The Morgan fingerprint density at radius 1 is 0.330 bits per heavy atom. The maximum Gasteiger partial charge on any atom is 0.246 e. The number of hydrogen-bond acceptors (Lipinski definition) is 6. The molecule has 0 aliphatic heterocycles. The molecule has 556 valence electrons. The number of hydrogen-bond donors (Lipinski definition) is 3. The lowest BCUT2D eigenvalue weighted by Gasteiger charge is -2.25. The predicted molar refractivity (Wildman–Crippen MR) is 470 cm³/mol. The molecule has 0 aliphatic rings. The molecule has 0 bridgehead atoms. The number of ketones is 2. The summed E-state index contributed by atoms with van der Waals surface area (Å²) in [6, 6.07) is 8.49. The van der Waals surface area contributed by atoms with E-state index in [1.165, 1.54) is 12.0 Å². The van der Waals surface area contributed by atoms with Gasteiger partial charge in [0.1, 0.15) is 18.2 Å². The molecule has 1 rings (SSSR count). The van der Waals surface area contributed by atoms with E-state index >= 15 is 0 Å². The number of Topliss-reactive ketones (excluding diaryl/α,β-unsaturated/α-hetero) is 2. The van der Waals surface area contributed by atoms with Gasteiger partial charge in [0.05, 0.1) is 5.60 Å². The SMILES string of the molecule is C#CC#CC#CC#CC#CC#CC#CC#CC#CC#CC#CC#CC#CC#CC#CC#CC#CC#CC#CC#CC#CC#CC#CC#CC#CC#CC#CC#CC#CC#CC#CC#CC.CCC(C)(C)Cc1ccc(CNC(=O)COC(C)(C)C)cc1.CNC(C)(C)CCC(=O)C(C)(C)C.CNC(C)(C)CCCCC(=O)C(C)(C)C. The molecule has 0 fully saturated rings. The van der Waals surface area contributed by atoms with Crippen LogP contribution in [0.3, 0.4) is 0 Å². The number of amides is 1. The third-order valence-electron chi connectivity index (χ3n) is 13.2. The van der Waals surface area contributed by atoms with Gasteiger partial charge in [0.2, 0.25) is 5.91 Å². The van der Waals surface area contributed by atoms with Gasteiger partial charge in [-0.1, -0.05) is 105 Å². The molecule has 7 heteroatoms. The second-order valence-electron chi connectivity index (χ2n) is 27.0. The van der Waals surface area contributed by atoms with Crippen molar-refractivity contribution in [3.8, 4) is 379 Å². The van der Waals surface area contributed by atoms with Crippen LogP contribution in [0.1, 0.15) is 174 Å². The van der Waals surface area contributed by atoms with Crippen LogP contribution in [0, 0.1) is 396 Å². The van der Waals surface area contributed by atoms with Crippen LogP contribution in [-0.2, 0) is 32.1 Å². The number of terminal acetylenes is 1. The molecular weight excluding hydrogens is 1400 g/mol. The third kappa shape index (κ3) is 78.7. The van der Waals surface area contributed by atoms with Crippen molar-refractivity contribution < 1.29 is 19.1 Å². The van der Waals surface area contributed by atoms with Gasteiger partial charge in [-0.3, -0.25) is 14.4 Å². The lowest BCUT2D eigenvalue weighted by molar-refractivity contribution is -0.130. The summed E-state index contributed by atoms with van der Waals surface area (Å²) in [6.07, 6.45) is 12.7. The largest absolute Gasteiger partial charge is 0.366 e. The summed E-state index contributed by atoms with van der Waals surface area (Å²) in [7, 11) is 3.92. The van der Waals surface area contributed by atoms with E-state index in [9.17, 15) is 14.4 Å². The monoisotopic (exact) mass is 1490 g/mol. The summed E-state index contributed by atoms with van der Waals surface area (Å²) >= 11 is 0. The zero-order valence-corrected chi connectivity index (χ0v) is 69.1. The summed E-state index contributed by atoms with van der Waals surface area (Å²) in [5.74, 6) is 158. The zero-order valence-electron chi connectivity index (χ0n) is 69.1. The van der Waals surface area contributed by atoms with E-state index in [-0.39, 0.29) is 40.0 Å². The highest BCUT2D eigenvalue weighted by Crippen LogP contribution is 2.26. The van der Waals surface area contributed by atoms with Crippen molar-refractivity contribution in [2.75, 3.05) is 20.7 Å². The van der Waals surface area contributed by atoms with Crippen molar-refractivity contribution in [1.29, 1.82) is 0 Å². The molecule has 115 heavy (non-hydrogen) atoms. The normalized spacial score (nSPS) is 7.74. The molecular formula is C108H85N3O4. The van der Waals surface area contributed by atoms with E-state index in [2.05, 4.69) is 462 Å². The highest BCUT2D eigenvalue weighted by atomic mass is 16.5. The second kappa shape index (κ2) is 68.4. The van der Waals surface area contributed by atoms with E-state index in [0.717, 1.165) is 44.1 Å². The van der Waals surface area contributed by atoms with E-state index < -0.39 is 0 Å². The Morgan fingerprint density at radius 3 is 0.791 bits per heavy atom. The average molecular weight is 1490 g/mol. The van der Waals surface area contributed by atoms with Crippen molar-refractivity contribution in [1.82, 2.24) is 16.0 Å². The van der Waals surface area contributed by atoms with E-state index in [0.29, 0.717) is 29.9 Å². The maximum absolute atomic E-state index is 11.7. The number of carbonyl (C=O) groups is 3. The molecule has 0 heterocycles. The van der Waals surface area contributed by atoms with Crippen molar-refractivity contribution in [3.63, 3.8) is 0 Å². The Kier molecular flexibility index (Phi) is 61.2. The van der Waals surface area contributed by atoms with E-state index in [1.807, 2.05) is 76.4 Å². The Labute approximate surface area is 692 Å². The summed E-state index contributed by atoms with van der Waals surface area (Å²) in [6.45, 7) is 35.5. The minimum atomic E-state index is -0.287. The Bertz CT molecular complexity index is 5920. The molecule has 0 unspecified atom stereocenters. The Balaban J connectivity index is -0.00000199. The van der Waals surface area contributed by atoms with Crippen molar-refractivity contribution in [2.24, 2.45) is 16.2 Å². The topological polar surface area (TPSA) is 96.5 Å². The Hall–Kier alpha value is -16.2. The molecule has 0 aromatic heterocycles. The fraction of sp³-hybridized carbons (Fsp3) is 0.324. The fourth-order valence-electron chi connectivity index (χ4n) is 6.21. The van der Waals surface area contributed by atoms with Crippen molar-refractivity contribution in [3.05, 3.63) is 35.4 Å². The third-order valence-corrected chi connectivity index (χ3v) is 13.2. The van der Waals surface area contributed by atoms with Gasteiger partial charge in [-0.25, -0.2) is 0 Å². The number of rotatable bonds is 17. The smallest absolute Gasteiger partial charge is 0.246 e. The highest BCUT2D eigenvalue weighted by molar-refractivity contribution is 5.84. The first-order valence-electron chi connectivity index (χ1n) is 35.2. The van der Waals surface area contributed by atoms with Crippen molar-refractivity contribution in [2.45, 2.75) is 192 Å². The van der Waals surface area contributed by atoms with Gasteiger partial charge in [-0.15, -0.1) is 6.42 Å². The molecule has 1 amide bonds. The molecule has 0 spiro atoms. The first-order valence-corrected chi connectivity index (χ1v) is 35.2. The number of unbranched alkanes of at least 4 members (excludes halogenated alkanes) is 1.